The molecule has 0 saturated carbocycles. The van der Waals surface area contributed by atoms with E-state index in [0.29, 0.717) is 24.6 Å². The fraction of sp³-hybridized carbons (Fsp3) is 0.375. The van der Waals surface area contributed by atoms with Gasteiger partial charge in [-0.1, -0.05) is 6.07 Å². The summed E-state index contributed by atoms with van der Waals surface area (Å²) >= 11 is 1.66. The van der Waals surface area contributed by atoms with Crippen LogP contribution in [-0.4, -0.2) is 40.1 Å². The summed E-state index contributed by atoms with van der Waals surface area (Å²) in [5.41, 5.74) is 1.62. The number of amides is 1. The molecule has 1 saturated heterocycles. The molecule has 1 fully saturated rings. The second-order valence-electron chi connectivity index (χ2n) is 5.37. The zero-order chi connectivity index (χ0) is 15.4. The van der Waals surface area contributed by atoms with Crippen molar-refractivity contribution in [3.05, 3.63) is 46.3 Å². The van der Waals surface area contributed by atoms with Crippen LogP contribution in [0.15, 0.2) is 35.0 Å². The van der Waals surface area contributed by atoms with E-state index in [9.17, 15) is 9.90 Å². The molecule has 3 heterocycles. The van der Waals surface area contributed by atoms with Crippen molar-refractivity contribution in [1.82, 2.24) is 9.88 Å². The number of thiophene rings is 1. The molecular formula is C16H19N3O2S. The van der Waals surface area contributed by atoms with Gasteiger partial charge in [-0.3, -0.25) is 4.79 Å². The molecule has 0 aliphatic carbocycles. The first kappa shape index (κ1) is 15.0. The number of hydrogen-bond acceptors (Lipinski definition) is 5. The molecule has 1 aliphatic heterocycles. The standard InChI is InChI=1S/C16H19N3O2S/c20-10-13-3-2-7-19(13)16(21)14-4-1-5-15(18-14)17-9-12-6-8-22-11-12/h1,4-6,8,11,13,20H,2-3,7,9-10H2,(H,17,18). The number of aliphatic hydroxyl groups excluding tert-OH is 1. The zero-order valence-corrected chi connectivity index (χ0v) is 13.1. The average Bonchev–Trinajstić information content (AvgIpc) is 3.23. The molecule has 0 radical (unpaired) electrons. The van der Waals surface area contributed by atoms with Crippen LogP contribution >= 0.6 is 11.3 Å². The number of nitrogens with one attached hydrogen (secondary N) is 1. The number of nitrogens with zero attached hydrogens (tertiary/aromatic N) is 2. The topological polar surface area (TPSA) is 65.5 Å². The van der Waals surface area contributed by atoms with Crippen LogP contribution in [0.3, 0.4) is 0 Å². The van der Waals surface area contributed by atoms with Crippen molar-refractivity contribution in [3.63, 3.8) is 0 Å². The maximum Gasteiger partial charge on any atom is 0.272 e. The Balaban J connectivity index is 1.69. The minimum absolute atomic E-state index is 0.0157. The highest BCUT2D eigenvalue weighted by Crippen LogP contribution is 2.19. The van der Waals surface area contributed by atoms with E-state index in [1.807, 2.05) is 17.5 Å². The van der Waals surface area contributed by atoms with Crippen LogP contribution in [0.1, 0.15) is 28.9 Å². The van der Waals surface area contributed by atoms with Crippen LogP contribution in [0, 0.1) is 0 Å². The number of aromatic nitrogens is 1. The van der Waals surface area contributed by atoms with Gasteiger partial charge >= 0.3 is 0 Å². The number of carbonyl (C=O) groups is 1. The van der Waals surface area contributed by atoms with Gasteiger partial charge in [0.1, 0.15) is 11.5 Å². The molecule has 1 atom stereocenters. The minimum Gasteiger partial charge on any atom is -0.394 e. The number of aliphatic hydroxyl groups is 1. The van der Waals surface area contributed by atoms with Crippen LogP contribution in [-0.2, 0) is 6.54 Å². The van der Waals surface area contributed by atoms with E-state index in [0.717, 1.165) is 12.8 Å². The highest BCUT2D eigenvalue weighted by atomic mass is 32.1. The first-order chi connectivity index (χ1) is 10.8. The quantitative estimate of drug-likeness (QED) is 0.888. The summed E-state index contributed by atoms with van der Waals surface area (Å²) in [6.45, 7) is 1.40. The molecule has 1 unspecified atom stereocenters. The number of carbonyl (C=O) groups excluding carboxylic acids is 1. The Kier molecular flexibility index (Phi) is 4.70. The van der Waals surface area contributed by atoms with Crippen molar-refractivity contribution in [2.75, 3.05) is 18.5 Å². The van der Waals surface area contributed by atoms with Crippen molar-refractivity contribution in [3.8, 4) is 0 Å². The molecule has 1 amide bonds. The SMILES string of the molecule is O=C(c1cccc(NCc2ccsc2)n1)N1CCCC1CO. The monoisotopic (exact) mass is 317 g/mol. The fourth-order valence-electron chi connectivity index (χ4n) is 2.68. The summed E-state index contributed by atoms with van der Waals surface area (Å²) in [5, 5.41) is 16.7. The summed E-state index contributed by atoms with van der Waals surface area (Å²) in [4.78, 5) is 18.7. The van der Waals surface area contributed by atoms with E-state index < -0.39 is 0 Å². The molecule has 22 heavy (non-hydrogen) atoms. The van der Waals surface area contributed by atoms with Crippen LogP contribution in [0.4, 0.5) is 5.82 Å². The van der Waals surface area contributed by atoms with E-state index >= 15 is 0 Å². The average molecular weight is 317 g/mol. The van der Waals surface area contributed by atoms with Gasteiger partial charge in [-0.25, -0.2) is 4.98 Å². The van der Waals surface area contributed by atoms with Gasteiger partial charge in [0.15, 0.2) is 0 Å². The van der Waals surface area contributed by atoms with Gasteiger partial charge < -0.3 is 15.3 Å². The molecule has 6 heteroatoms. The molecule has 2 aromatic heterocycles. The third-order valence-corrected chi connectivity index (χ3v) is 4.60. The Morgan fingerprint density at radius 1 is 1.45 bits per heavy atom. The second-order valence-corrected chi connectivity index (χ2v) is 6.15. The Bertz CT molecular complexity index is 630. The molecule has 0 bridgehead atoms. The smallest absolute Gasteiger partial charge is 0.272 e. The van der Waals surface area contributed by atoms with Gasteiger partial charge in [0, 0.05) is 13.1 Å². The highest BCUT2D eigenvalue weighted by Gasteiger charge is 2.29. The van der Waals surface area contributed by atoms with E-state index in [-0.39, 0.29) is 18.6 Å². The lowest BCUT2D eigenvalue weighted by Gasteiger charge is -2.22. The van der Waals surface area contributed by atoms with Gasteiger partial charge in [0.05, 0.1) is 12.6 Å². The Morgan fingerprint density at radius 3 is 3.14 bits per heavy atom. The zero-order valence-electron chi connectivity index (χ0n) is 12.2. The van der Waals surface area contributed by atoms with Crippen molar-refractivity contribution in [2.24, 2.45) is 0 Å². The maximum absolute atomic E-state index is 12.5. The van der Waals surface area contributed by atoms with E-state index in [1.54, 1.807) is 22.3 Å². The van der Waals surface area contributed by atoms with Crippen LogP contribution < -0.4 is 5.32 Å². The van der Waals surface area contributed by atoms with Crippen LogP contribution in [0.2, 0.25) is 0 Å². The first-order valence-electron chi connectivity index (χ1n) is 7.42. The Labute approximate surface area is 133 Å². The number of pyridine rings is 1. The summed E-state index contributed by atoms with van der Waals surface area (Å²) in [5.74, 6) is 0.590. The molecular weight excluding hydrogens is 298 g/mol. The number of hydrogen-bond donors (Lipinski definition) is 2. The van der Waals surface area contributed by atoms with E-state index in [4.69, 9.17) is 0 Å². The largest absolute Gasteiger partial charge is 0.394 e. The van der Waals surface area contributed by atoms with Crippen LogP contribution in [0.25, 0.3) is 0 Å². The number of likely N-dealkylation sites (tertiary alicyclic amines) is 1. The molecule has 5 nitrogen and oxygen atoms in total. The van der Waals surface area contributed by atoms with E-state index in [1.165, 1.54) is 5.56 Å². The summed E-state index contributed by atoms with van der Waals surface area (Å²) in [6, 6.07) is 7.40. The van der Waals surface area contributed by atoms with Gasteiger partial charge in [-0.2, -0.15) is 11.3 Å². The van der Waals surface area contributed by atoms with Gasteiger partial charge in [-0.15, -0.1) is 0 Å². The van der Waals surface area contributed by atoms with Crippen LogP contribution in [0.5, 0.6) is 0 Å². The van der Waals surface area contributed by atoms with Gasteiger partial charge in [0.25, 0.3) is 5.91 Å². The lowest BCUT2D eigenvalue weighted by atomic mass is 10.2. The highest BCUT2D eigenvalue weighted by molar-refractivity contribution is 7.07. The predicted octanol–water partition coefficient (Wildman–Crippen LogP) is 2.35. The number of rotatable bonds is 5. The summed E-state index contributed by atoms with van der Waals surface area (Å²) in [7, 11) is 0. The Hall–Kier alpha value is -1.92. The molecule has 2 N–H and O–H groups in total. The lowest BCUT2D eigenvalue weighted by molar-refractivity contribution is 0.0672. The fourth-order valence-corrected chi connectivity index (χ4v) is 3.35. The minimum atomic E-state index is -0.101. The Morgan fingerprint density at radius 2 is 2.36 bits per heavy atom. The molecule has 1 aliphatic rings. The lowest BCUT2D eigenvalue weighted by Crippen LogP contribution is -2.38. The van der Waals surface area contributed by atoms with Crippen molar-refractivity contribution in [1.29, 1.82) is 0 Å². The molecule has 2 aromatic rings. The third-order valence-electron chi connectivity index (χ3n) is 3.87. The van der Waals surface area contributed by atoms with Crippen molar-refractivity contribution in [2.45, 2.75) is 25.4 Å². The van der Waals surface area contributed by atoms with E-state index in [2.05, 4.69) is 21.7 Å². The van der Waals surface area contributed by atoms with Crippen molar-refractivity contribution >= 4 is 23.1 Å². The molecule has 0 aromatic carbocycles. The summed E-state index contributed by atoms with van der Waals surface area (Å²) in [6.07, 6.45) is 1.80. The van der Waals surface area contributed by atoms with Gasteiger partial charge in [0.2, 0.25) is 0 Å². The molecule has 0 spiro atoms. The second kappa shape index (κ2) is 6.89. The third kappa shape index (κ3) is 3.28. The van der Waals surface area contributed by atoms with Crippen molar-refractivity contribution < 1.29 is 9.90 Å². The molecule has 116 valence electrons. The predicted molar refractivity (Wildman–Crippen MR) is 87.0 cm³/mol. The first-order valence-corrected chi connectivity index (χ1v) is 8.36. The normalized spacial score (nSPS) is 17.7. The molecule has 3 rings (SSSR count). The number of anilines is 1. The summed E-state index contributed by atoms with van der Waals surface area (Å²) < 4.78 is 0. The van der Waals surface area contributed by atoms with Gasteiger partial charge in [-0.05, 0) is 47.4 Å². The maximum atomic E-state index is 12.5.